The van der Waals surface area contributed by atoms with E-state index in [0.717, 1.165) is 36.8 Å². The summed E-state index contributed by atoms with van der Waals surface area (Å²) < 4.78 is 28.1. The largest absolute Gasteiger partial charge is 0.341 e. The monoisotopic (exact) mass is 400 g/mol. The lowest BCUT2D eigenvalue weighted by Gasteiger charge is -2.30. The van der Waals surface area contributed by atoms with Crippen LogP contribution in [0.2, 0.25) is 0 Å². The molecule has 2 aromatic carbocycles. The van der Waals surface area contributed by atoms with Crippen molar-refractivity contribution in [2.45, 2.75) is 50.5 Å². The molecule has 3 rings (SSSR count). The molecule has 28 heavy (non-hydrogen) atoms. The highest BCUT2D eigenvalue weighted by molar-refractivity contribution is 7.92. The minimum Gasteiger partial charge on any atom is -0.341 e. The zero-order chi connectivity index (χ0) is 20.3. The number of anilines is 1. The summed E-state index contributed by atoms with van der Waals surface area (Å²) in [6, 6.07) is 14.2. The Morgan fingerprint density at radius 3 is 2.21 bits per heavy atom. The first kappa shape index (κ1) is 20.4. The molecule has 6 heteroatoms. The van der Waals surface area contributed by atoms with Crippen LogP contribution in [0.1, 0.15) is 36.8 Å². The maximum Gasteiger partial charge on any atom is 0.264 e. The molecular weight excluding hydrogens is 372 g/mol. The van der Waals surface area contributed by atoms with E-state index in [-0.39, 0.29) is 23.4 Å². The third-order valence-corrected chi connectivity index (χ3v) is 7.31. The van der Waals surface area contributed by atoms with Crippen LogP contribution in [0.4, 0.5) is 5.69 Å². The summed E-state index contributed by atoms with van der Waals surface area (Å²) in [6.07, 6.45) is 4.20. The molecule has 0 N–H and O–H groups in total. The Morgan fingerprint density at radius 2 is 1.61 bits per heavy atom. The lowest BCUT2D eigenvalue weighted by Crippen LogP contribution is -2.44. The van der Waals surface area contributed by atoms with Crippen molar-refractivity contribution in [1.29, 1.82) is 0 Å². The minimum atomic E-state index is -3.86. The Hall–Kier alpha value is -2.34. The van der Waals surface area contributed by atoms with Gasteiger partial charge in [0.15, 0.2) is 0 Å². The van der Waals surface area contributed by atoms with Crippen molar-refractivity contribution >= 4 is 21.6 Å². The first-order valence-electron chi connectivity index (χ1n) is 9.71. The van der Waals surface area contributed by atoms with Crippen molar-refractivity contribution < 1.29 is 13.2 Å². The van der Waals surface area contributed by atoms with Gasteiger partial charge in [-0.15, -0.1) is 0 Å². The number of sulfonamides is 1. The van der Waals surface area contributed by atoms with Gasteiger partial charge in [0.05, 0.1) is 10.6 Å². The molecule has 0 radical (unpaired) electrons. The van der Waals surface area contributed by atoms with Crippen LogP contribution >= 0.6 is 0 Å². The van der Waals surface area contributed by atoms with E-state index in [1.807, 2.05) is 26.0 Å². The summed E-state index contributed by atoms with van der Waals surface area (Å²) in [7, 11) is -2.08. The Balaban J connectivity index is 1.97. The fraction of sp³-hybridized carbons (Fsp3) is 0.409. The summed E-state index contributed by atoms with van der Waals surface area (Å²) in [5.41, 5.74) is 2.34. The van der Waals surface area contributed by atoms with Crippen LogP contribution in [0, 0.1) is 13.8 Å². The number of rotatable bonds is 6. The molecule has 0 saturated heterocycles. The van der Waals surface area contributed by atoms with E-state index in [1.54, 1.807) is 48.3 Å². The van der Waals surface area contributed by atoms with E-state index < -0.39 is 10.0 Å². The van der Waals surface area contributed by atoms with E-state index in [9.17, 15) is 13.2 Å². The van der Waals surface area contributed by atoms with Gasteiger partial charge in [-0.1, -0.05) is 48.7 Å². The molecule has 1 aliphatic carbocycles. The maximum absolute atomic E-state index is 13.4. The molecule has 0 atom stereocenters. The van der Waals surface area contributed by atoms with Crippen LogP contribution in [-0.4, -0.2) is 38.9 Å². The van der Waals surface area contributed by atoms with Gasteiger partial charge in [-0.2, -0.15) is 0 Å². The highest BCUT2D eigenvalue weighted by atomic mass is 32.2. The molecule has 0 aromatic heterocycles. The second-order valence-electron chi connectivity index (χ2n) is 7.55. The molecule has 0 aliphatic heterocycles. The number of aryl methyl sites for hydroxylation is 2. The fourth-order valence-electron chi connectivity index (χ4n) is 3.71. The molecule has 1 saturated carbocycles. The van der Waals surface area contributed by atoms with Gasteiger partial charge in [0.2, 0.25) is 5.91 Å². The summed E-state index contributed by atoms with van der Waals surface area (Å²) in [5, 5.41) is 0. The zero-order valence-electron chi connectivity index (χ0n) is 16.8. The number of benzene rings is 2. The normalized spacial score (nSPS) is 14.8. The molecule has 1 fully saturated rings. The Morgan fingerprint density at radius 1 is 1.00 bits per heavy atom. The minimum absolute atomic E-state index is 0.175. The van der Waals surface area contributed by atoms with Crippen molar-refractivity contribution in [2.75, 3.05) is 17.9 Å². The summed E-state index contributed by atoms with van der Waals surface area (Å²) >= 11 is 0. The summed E-state index contributed by atoms with van der Waals surface area (Å²) in [6.45, 7) is 3.57. The Labute approximate surface area is 168 Å². The van der Waals surface area contributed by atoms with E-state index in [2.05, 4.69) is 0 Å². The van der Waals surface area contributed by atoms with Gasteiger partial charge < -0.3 is 4.90 Å². The molecule has 150 valence electrons. The van der Waals surface area contributed by atoms with E-state index in [4.69, 9.17) is 0 Å². The van der Waals surface area contributed by atoms with Crippen molar-refractivity contribution in [3.05, 3.63) is 59.7 Å². The third-order valence-electron chi connectivity index (χ3n) is 5.54. The van der Waals surface area contributed by atoms with Gasteiger partial charge in [-0.3, -0.25) is 9.10 Å². The van der Waals surface area contributed by atoms with Gasteiger partial charge in [0.25, 0.3) is 10.0 Å². The first-order valence-corrected chi connectivity index (χ1v) is 11.2. The smallest absolute Gasteiger partial charge is 0.264 e. The molecule has 2 aromatic rings. The van der Waals surface area contributed by atoms with Crippen molar-refractivity contribution in [1.82, 2.24) is 4.90 Å². The molecule has 5 nitrogen and oxygen atoms in total. The molecule has 0 unspecified atom stereocenters. The molecule has 1 amide bonds. The molecule has 0 spiro atoms. The molecular formula is C22H28N2O3S. The van der Waals surface area contributed by atoms with Gasteiger partial charge in [0, 0.05) is 13.1 Å². The van der Waals surface area contributed by atoms with Crippen LogP contribution in [0.3, 0.4) is 0 Å². The Bertz CT molecular complexity index is 933. The second kappa shape index (κ2) is 8.35. The lowest BCUT2D eigenvalue weighted by molar-refractivity contribution is -0.130. The van der Waals surface area contributed by atoms with Gasteiger partial charge >= 0.3 is 0 Å². The predicted molar refractivity (Wildman–Crippen MR) is 112 cm³/mol. The first-order chi connectivity index (χ1) is 13.3. The maximum atomic E-state index is 13.4. The number of carbonyl (C=O) groups excluding carboxylic acids is 1. The number of likely N-dealkylation sites (N-methyl/N-ethyl adjacent to an activating group) is 1. The number of amides is 1. The van der Waals surface area contributed by atoms with E-state index in [0.29, 0.717) is 5.69 Å². The van der Waals surface area contributed by atoms with E-state index >= 15 is 0 Å². The van der Waals surface area contributed by atoms with Crippen molar-refractivity contribution in [3.8, 4) is 0 Å². The van der Waals surface area contributed by atoms with Gasteiger partial charge in [-0.25, -0.2) is 8.42 Å². The van der Waals surface area contributed by atoms with Crippen LogP contribution in [0.5, 0.6) is 0 Å². The third kappa shape index (κ3) is 4.22. The zero-order valence-corrected chi connectivity index (χ0v) is 17.6. The van der Waals surface area contributed by atoms with Crippen LogP contribution in [-0.2, 0) is 14.8 Å². The fourth-order valence-corrected chi connectivity index (χ4v) is 5.19. The van der Waals surface area contributed by atoms with Crippen molar-refractivity contribution in [3.63, 3.8) is 0 Å². The van der Waals surface area contributed by atoms with E-state index in [1.165, 1.54) is 4.31 Å². The SMILES string of the molecule is Cc1ccc(S(=O)(=O)N(CC(=O)N(C)C2CCCC2)c2ccccc2C)cc1. The average molecular weight is 401 g/mol. The lowest BCUT2D eigenvalue weighted by atomic mass is 10.2. The quantitative estimate of drug-likeness (QED) is 0.739. The second-order valence-corrected chi connectivity index (χ2v) is 9.42. The van der Waals surface area contributed by atoms with Crippen LogP contribution in [0.15, 0.2) is 53.4 Å². The number of hydrogen-bond donors (Lipinski definition) is 0. The van der Waals surface area contributed by atoms with Crippen LogP contribution < -0.4 is 4.31 Å². The molecule has 0 bridgehead atoms. The predicted octanol–water partition coefficient (Wildman–Crippen LogP) is 3.90. The standard InChI is InChI=1S/C22H28N2O3S/c1-17-12-14-20(15-13-17)28(26,27)24(21-11-7-4-8-18(21)2)16-22(25)23(3)19-9-5-6-10-19/h4,7-8,11-15,19H,5-6,9-10,16H2,1-3H3. The number of carbonyl (C=O) groups is 1. The molecule has 0 heterocycles. The van der Waals surface area contributed by atoms with Crippen LogP contribution in [0.25, 0.3) is 0 Å². The number of nitrogens with zero attached hydrogens (tertiary/aromatic N) is 2. The summed E-state index contributed by atoms with van der Waals surface area (Å²) in [4.78, 5) is 14.9. The highest BCUT2D eigenvalue weighted by Crippen LogP contribution is 2.28. The number of hydrogen-bond acceptors (Lipinski definition) is 3. The van der Waals surface area contributed by atoms with Gasteiger partial charge in [0.1, 0.15) is 6.54 Å². The van der Waals surface area contributed by atoms with Gasteiger partial charge in [-0.05, 0) is 50.5 Å². The Kier molecular flexibility index (Phi) is 6.08. The average Bonchev–Trinajstić information content (AvgIpc) is 3.21. The highest BCUT2D eigenvalue weighted by Gasteiger charge is 2.31. The topological polar surface area (TPSA) is 57.7 Å². The van der Waals surface area contributed by atoms with Crippen molar-refractivity contribution in [2.24, 2.45) is 0 Å². The summed E-state index contributed by atoms with van der Waals surface area (Å²) in [5.74, 6) is -0.175. The number of para-hydroxylation sites is 1. The molecule has 1 aliphatic rings.